The second-order valence-electron chi connectivity index (χ2n) is 4.58. The summed E-state index contributed by atoms with van der Waals surface area (Å²) in [5.41, 5.74) is 0.936. The molecule has 1 aliphatic heterocycles. The summed E-state index contributed by atoms with van der Waals surface area (Å²) in [4.78, 5) is 11.5. The minimum atomic E-state index is 0.159. The second-order valence-corrected chi connectivity index (χ2v) is 4.58. The SMILES string of the molecule is CC1(C2CC(=O)/C(=C/C=N)N2)CCC1. The van der Waals surface area contributed by atoms with Crippen molar-refractivity contribution < 1.29 is 4.79 Å². The maximum absolute atomic E-state index is 11.5. The van der Waals surface area contributed by atoms with Gasteiger partial charge in [0, 0.05) is 18.7 Å². The Morgan fingerprint density at radius 3 is 2.79 bits per heavy atom. The van der Waals surface area contributed by atoms with Gasteiger partial charge in [0.25, 0.3) is 0 Å². The van der Waals surface area contributed by atoms with E-state index < -0.39 is 0 Å². The smallest absolute Gasteiger partial charge is 0.180 e. The first-order valence-corrected chi connectivity index (χ1v) is 5.16. The first-order chi connectivity index (χ1) is 6.65. The number of nitrogens with one attached hydrogen (secondary N) is 2. The largest absolute Gasteiger partial charge is 0.378 e. The van der Waals surface area contributed by atoms with Gasteiger partial charge in [-0.2, -0.15) is 0 Å². The molecule has 0 aromatic carbocycles. The third-order valence-electron chi connectivity index (χ3n) is 3.61. The van der Waals surface area contributed by atoms with Crippen LogP contribution in [0.1, 0.15) is 32.6 Å². The van der Waals surface area contributed by atoms with Crippen molar-refractivity contribution in [2.24, 2.45) is 5.41 Å². The zero-order valence-corrected chi connectivity index (χ0v) is 8.47. The minimum absolute atomic E-state index is 0.159. The Bertz CT molecular complexity index is 302. The minimum Gasteiger partial charge on any atom is -0.378 e. The number of Topliss-reactive ketones (excluding diaryl/α,β-unsaturated/α-hetero) is 1. The molecule has 0 radical (unpaired) electrons. The highest BCUT2D eigenvalue weighted by molar-refractivity contribution is 6.00. The monoisotopic (exact) mass is 192 g/mol. The fourth-order valence-corrected chi connectivity index (χ4v) is 2.34. The molecule has 1 atom stereocenters. The quantitative estimate of drug-likeness (QED) is 0.516. The lowest BCUT2D eigenvalue weighted by Crippen LogP contribution is -2.43. The Balaban J connectivity index is 2.09. The van der Waals surface area contributed by atoms with E-state index in [1.54, 1.807) is 6.08 Å². The highest BCUT2D eigenvalue weighted by Gasteiger charge is 2.44. The van der Waals surface area contributed by atoms with Crippen molar-refractivity contribution in [3.8, 4) is 0 Å². The van der Waals surface area contributed by atoms with Crippen LogP contribution in [0.25, 0.3) is 0 Å². The molecule has 2 fully saturated rings. The number of ketones is 1. The molecule has 1 heterocycles. The van der Waals surface area contributed by atoms with Crippen molar-refractivity contribution in [3.05, 3.63) is 11.8 Å². The molecule has 0 spiro atoms. The van der Waals surface area contributed by atoms with Crippen molar-refractivity contribution in [2.75, 3.05) is 0 Å². The Morgan fingerprint density at radius 2 is 2.29 bits per heavy atom. The molecule has 3 heteroatoms. The molecule has 3 nitrogen and oxygen atoms in total. The summed E-state index contributed by atoms with van der Waals surface area (Å²) in [6.07, 6.45) is 7.06. The molecule has 1 saturated heterocycles. The van der Waals surface area contributed by atoms with E-state index in [2.05, 4.69) is 12.2 Å². The molecule has 0 aromatic heterocycles. The zero-order valence-electron chi connectivity index (χ0n) is 8.47. The molecule has 1 unspecified atom stereocenters. The molecule has 14 heavy (non-hydrogen) atoms. The van der Waals surface area contributed by atoms with E-state index in [-0.39, 0.29) is 5.78 Å². The van der Waals surface area contributed by atoms with Gasteiger partial charge in [-0.3, -0.25) is 4.79 Å². The van der Waals surface area contributed by atoms with Gasteiger partial charge in [-0.15, -0.1) is 0 Å². The van der Waals surface area contributed by atoms with Gasteiger partial charge in [-0.05, 0) is 24.3 Å². The van der Waals surface area contributed by atoms with Crippen LogP contribution in [0, 0.1) is 10.8 Å². The normalized spacial score (nSPS) is 32.5. The fourth-order valence-electron chi connectivity index (χ4n) is 2.34. The molecule has 0 amide bonds. The van der Waals surface area contributed by atoms with Gasteiger partial charge >= 0.3 is 0 Å². The van der Waals surface area contributed by atoms with Crippen LogP contribution in [0.5, 0.6) is 0 Å². The third kappa shape index (κ3) is 1.37. The highest BCUT2D eigenvalue weighted by Crippen LogP contribution is 2.46. The number of allylic oxidation sites excluding steroid dienone is 2. The summed E-state index contributed by atoms with van der Waals surface area (Å²) < 4.78 is 0. The lowest BCUT2D eigenvalue weighted by molar-refractivity contribution is -0.115. The van der Waals surface area contributed by atoms with E-state index in [9.17, 15) is 4.79 Å². The maximum atomic E-state index is 11.5. The van der Waals surface area contributed by atoms with Crippen LogP contribution in [0.15, 0.2) is 11.8 Å². The number of hydrogen-bond donors (Lipinski definition) is 2. The van der Waals surface area contributed by atoms with Crippen LogP contribution in [-0.2, 0) is 4.79 Å². The van der Waals surface area contributed by atoms with Gasteiger partial charge < -0.3 is 10.7 Å². The number of rotatable bonds is 2. The highest BCUT2D eigenvalue weighted by atomic mass is 16.1. The first-order valence-electron chi connectivity index (χ1n) is 5.16. The van der Waals surface area contributed by atoms with Crippen LogP contribution >= 0.6 is 0 Å². The van der Waals surface area contributed by atoms with Crippen LogP contribution < -0.4 is 5.32 Å². The number of carbonyl (C=O) groups excluding carboxylic acids is 1. The third-order valence-corrected chi connectivity index (χ3v) is 3.61. The summed E-state index contributed by atoms with van der Waals surface area (Å²) in [7, 11) is 0. The van der Waals surface area contributed by atoms with Gasteiger partial charge in [0.05, 0.1) is 5.70 Å². The predicted octanol–water partition coefficient (Wildman–Crippen LogP) is 1.64. The van der Waals surface area contributed by atoms with Gasteiger partial charge in [0.1, 0.15) is 0 Å². The van der Waals surface area contributed by atoms with Crippen LogP contribution in [0.3, 0.4) is 0 Å². The van der Waals surface area contributed by atoms with Gasteiger partial charge in [-0.25, -0.2) is 0 Å². The number of carbonyl (C=O) groups is 1. The molecule has 2 aliphatic rings. The summed E-state index contributed by atoms with van der Waals surface area (Å²) in [6.45, 7) is 2.24. The van der Waals surface area contributed by atoms with Crippen LogP contribution in [0.2, 0.25) is 0 Å². The fraction of sp³-hybridized carbons (Fsp3) is 0.636. The zero-order chi connectivity index (χ0) is 10.2. The molecule has 1 saturated carbocycles. The molecular formula is C11H16N2O. The Labute approximate surface area is 84.1 Å². The standard InChI is InChI=1S/C11H16N2O/c1-11(4-2-5-11)10-7-9(14)8(13-10)3-6-12/h3,6,10,12-13H,2,4-5,7H2,1H3/b8-3-,12-6?. The van der Waals surface area contributed by atoms with Crippen LogP contribution in [-0.4, -0.2) is 18.0 Å². The topological polar surface area (TPSA) is 53.0 Å². The molecule has 76 valence electrons. The molecule has 0 aromatic rings. The van der Waals surface area contributed by atoms with Gasteiger partial charge in [0.2, 0.25) is 0 Å². The second kappa shape index (κ2) is 3.23. The Hall–Kier alpha value is -1.12. The predicted molar refractivity (Wildman–Crippen MR) is 55.4 cm³/mol. The van der Waals surface area contributed by atoms with E-state index in [1.165, 1.54) is 25.5 Å². The van der Waals surface area contributed by atoms with Gasteiger partial charge in [0.15, 0.2) is 5.78 Å². The molecule has 0 bridgehead atoms. The molecule has 2 rings (SSSR count). The summed E-state index contributed by atoms with van der Waals surface area (Å²) in [6, 6.07) is 0.301. The summed E-state index contributed by atoms with van der Waals surface area (Å²) in [5, 5.41) is 10.2. The van der Waals surface area contributed by atoms with E-state index >= 15 is 0 Å². The van der Waals surface area contributed by atoms with Crippen molar-refractivity contribution >= 4 is 12.0 Å². The van der Waals surface area contributed by atoms with Crippen molar-refractivity contribution in [3.63, 3.8) is 0 Å². The average molecular weight is 192 g/mol. The van der Waals surface area contributed by atoms with E-state index in [1.807, 2.05) is 0 Å². The molecular weight excluding hydrogens is 176 g/mol. The lowest BCUT2D eigenvalue weighted by atomic mass is 9.65. The number of hydrogen-bond acceptors (Lipinski definition) is 3. The van der Waals surface area contributed by atoms with E-state index in [0.29, 0.717) is 23.6 Å². The van der Waals surface area contributed by atoms with Crippen molar-refractivity contribution in [2.45, 2.75) is 38.6 Å². The lowest BCUT2D eigenvalue weighted by Gasteiger charge is -2.43. The van der Waals surface area contributed by atoms with E-state index in [4.69, 9.17) is 5.41 Å². The maximum Gasteiger partial charge on any atom is 0.180 e. The van der Waals surface area contributed by atoms with Crippen molar-refractivity contribution in [1.29, 1.82) is 5.41 Å². The molecule has 2 N–H and O–H groups in total. The van der Waals surface area contributed by atoms with Crippen molar-refractivity contribution in [1.82, 2.24) is 5.32 Å². The summed E-state index contributed by atoms with van der Waals surface area (Å²) in [5.74, 6) is 0.159. The summed E-state index contributed by atoms with van der Waals surface area (Å²) >= 11 is 0. The van der Waals surface area contributed by atoms with Gasteiger partial charge in [-0.1, -0.05) is 13.3 Å². The first kappa shape index (κ1) is 9.44. The van der Waals surface area contributed by atoms with Crippen LogP contribution in [0.4, 0.5) is 0 Å². The Kier molecular flexibility index (Phi) is 2.17. The Morgan fingerprint density at radius 1 is 1.57 bits per heavy atom. The van der Waals surface area contributed by atoms with E-state index in [0.717, 1.165) is 0 Å². The molecule has 1 aliphatic carbocycles. The average Bonchev–Trinajstić information content (AvgIpc) is 2.45.